The molecule has 88 valence electrons. The third kappa shape index (κ3) is 2.83. The molecular formula is C12H10ClNOS2. The molecule has 0 spiro atoms. The van der Waals surface area contributed by atoms with Crippen LogP contribution in [0.2, 0.25) is 5.02 Å². The highest BCUT2D eigenvalue weighted by Gasteiger charge is 2.11. The molecule has 1 aromatic carbocycles. The second-order valence-corrected chi connectivity index (χ2v) is 5.37. The number of thiophene rings is 1. The van der Waals surface area contributed by atoms with E-state index in [1.165, 1.54) is 11.3 Å². The van der Waals surface area contributed by atoms with E-state index in [2.05, 4.69) is 17.9 Å². The summed E-state index contributed by atoms with van der Waals surface area (Å²) in [7, 11) is 0. The van der Waals surface area contributed by atoms with Gasteiger partial charge in [0.2, 0.25) is 0 Å². The molecule has 0 radical (unpaired) electrons. The molecule has 0 saturated heterocycles. The fourth-order valence-electron chi connectivity index (χ4n) is 1.37. The van der Waals surface area contributed by atoms with Gasteiger partial charge in [0.15, 0.2) is 0 Å². The minimum atomic E-state index is -0.164. The van der Waals surface area contributed by atoms with Gasteiger partial charge in [-0.15, -0.1) is 24.0 Å². The van der Waals surface area contributed by atoms with E-state index in [4.69, 9.17) is 11.6 Å². The number of halogens is 1. The third-order valence-corrected chi connectivity index (χ3v) is 4.11. The number of amides is 1. The molecule has 1 aromatic heterocycles. The molecule has 17 heavy (non-hydrogen) atoms. The molecule has 0 aliphatic rings. The Morgan fingerprint density at radius 3 is 2.88 bits per heavy atom. The van der Waals surface area contributed by atoms with Gasteiger partial charge in [-0.2, -0.15) is 0 Å². The lowest BCUT2D eigenvalue weighted by molar-refractivity contribution is 0.103. The van der Waals surface area contributed by atoms with Gasteiger partial charge >= 0.3 is 0 Å². The van der Waals surface area contributed by atoms with E-state index < -0.39 is 0 Å². The molecule has 0 unspecified atom stereocenters. The van der Waals surface area contributed by atoms with E-state index >= 15 is 0 Å². The van der Waals surface area contributed by atoms with Crippen molar-refractivity contribution >= 4 is 47.2 Å². The van der Waals surface area contributed by atoms with Crippen LogP contribution in [0.25, 0.3) is 0 Å². The minimum Gasteiger partial charge on any atom is -0.320 e. The van der Waals surface area contributed by atoms with E-state index in [1.54, 1.807) is 12.1 Å². The average Bonchev–Trinajstić information content (AvgIpc) is 2.72. The van der Waals surface area contributed by atoms with E-state index in [9.17, 15) is 4.79 Å². The van der Waals surface area contributed by atoms with Gasteiger partial charge in [-0.1, -0.05) is 23.7 Å². The first-order valence-electron chi connectivity index (χ1n) is 4.92. The van der Waals surface area contributed by atoms with Crippen molar-refractivity contribution in [1.29, 1.82) is 0 Å². The Bertz CT molecular complexity index is 565. The Balaban J connectivity index is 2.21. The molecule has 2 rings (SSSR count). The fraction of sp³-hybridized carbons (Fsp3) is 0.0833. The molecule has 1 N–H and O–H groups in total. The molecule has 1 heterocycles. The first-order valence-corrected chi connectivity index (χ1v) is 6.62. The summed E-state index contributed by atoms with van der Waals surface area (Å²) in [5.41, 5.74) is 1.57. The molecule has 0 fully saturated rings. The maximum absolute atomic E-state index is 11.9. The summed E-state index contributed by atoms with van der Waals surface area (Å²) >= 11 is 11.6. The highest BCUT2D eigenvalue weighted by molar-refractivity contribution is 7.80. The van der Waals surface area contributed by atoms with Crippen molar-refractivity contribution in [1.82, 2.24) is 0 Å². The zero-order valence-electron chi connectivity index (χ0n) is 9.03. The lowest BCUT2D eigenvalue weighted by Gasteiger charge is -2.07. The van der Waals surface area contributed by atoms with Gasteiger partial charge in [0, 0.05) is 10.3 Å². The van der Waals surface area contributed by atoms with Gasteiger partial charge in [0.1, 0.15) is 0 Å². The van der Waals surface area contributed by atoms with Crippen LogP contribution < -0.4 is 5.32 Å². The standard InChI is InChI=1S/C12H10ClNOS2/c1-7-3-2-4-9(11(7)13)14-12(15)10-5-8(16)6-17-10/h2-6,16H,1H3,(H,14,15). The quantitative estimate of drug-likeness (QED) is 0.793. The number of aryl methyl sites for hydroxylation is 1. The van der Waals surface area contributed by atoms with Crippen molar-refractivity contribution in [3.63, 3.8) is 0 Å². The lowest BCUT2D eigenvalue weighted by Crippen LogP contribution is -2.10. The van der Waals surface area contributed by atoms with Crippen molar-refractivity contribution in [2.75, 3.05) is 5.32 Å². The zero-order valence-corrected chi connectivity index (χ0v) is 11.5. The molecule has 0 aliphatic heterocycles. The smallest absolute Gasteiger partial charge is 0.265 e. The van der Waals surface area contributed by atoms with Crippen molar-refractivity contribution in [2.24, 2.45) is 0 Å². The molecule has 5 heteroatoms. The number of hydrogen-bond acceptors (Lipinski definition) is 3. The van der Waals surface area contributed by atoms with Crippen LogP contribution in [0.3, 0.4) is 0 Å². The normalized spacial score (nSPS) is 10.3. The lowest BCUT2D eigenvalue weighted by atomic mass is 10.2. The Hall–Kier alpha value is -0.970. The molecular weight excluding hydrogens is 274 g/mol. The van der Waals surface area contributed by atoms with Crippen molar-refractivity contribution < 1.29 is 4.79 Å². The number of thiol groups is 1. The van der Waals surface area contributed by atoms with Crippen LogP contribution in [0.15, 0.2) is 34.5 Å². The summed E-state index contributed by atoms with van der Waals surface area (Å²) in [4.78, 5) is 13.3. The molecule has 0 aliphatic carbocycles. The summed E-state index contributed by atoms with van der Waals surface area (Å²) < 4.78 is 0. The Labute approximate surface area is 114 Å². The second-order valence-electron chi connectivity index (χ2n) is 3.56. The molecule has 2 nitrogen and oxygen atoms in total. The summed E-state index contributed by atoms with van der Waals surface area (Å²) in [6, 6.07) is 7.26. The number of anilines is 1. The summed E-state index contributed by atoms with van der Waals surface area (Å²) in [6.07, 6.45) is 0. The first-order chi connectivity index (χ1) is 8.08. The zero-order chi connectivity index (χ0) is 12.4. The molecule has 1 amide bonds. The predicted molar refractivity (Wildman–Crippen MR) is 75.7 cm³/mol. The van der Waals surface area contributed by atoms with E-state index in [-0.39, 0.29) is 5.91 Å². The fourth-order valence-corrected chi connectivity index (χ4v) is 2.59. The number of carbonyl (C=O) groups is 1. The maximum Gasteiger partial charge on any atom is 0.265 e. The van der Waals surface area contributed by atoms with Crippen molar-refractivity contribution in [2.45, 2.75) is 11.8 Å². The topological polar surface area (TPSA) is 29.1 Å². The van der Waals surface area contributed by atoms with E-state index in [1.807, 2.05) is 24.4 Å². The Kier molecular flexibility index (Phi) is 3.76. The van der Waals surface area contributed by atoms with Crippen LogP contribution in [0.1, 0.15) is 15.2 Å². The first kappa shape index (κ1) is 12.5. The average molecular weight is 284 g/mol. The van der Waals surface area contributed by atoms with E-state index in [0.29, 0.717) is 15.6 Å². The predicted octanol–water partition coefficient (Wildman–Crippen LogP) is 4.25. The second kappa shape index (κ2) is 5.12. The van der Waals surface area contributed by atoms with Gasteiger partial charge in [-0.25, -0.2) is 0 Å². The van der Waals surface area contributed by atoms with Gasteiger partial charge in [0.25, 0.3) is 5.91 Å². The molecule has 0 atom stereocenters. The van der Waals surface area contributed by atoms with Gasteiger partial charge in [-0.05, 0) is 24.6 Å². The summed E-state index contributed by atoms with van der Waals surface area (Å²) in [6.45, 7) is 1.90. The number of nitrogens with one attached hydrogen (secondary N) is 1. The van der Waals surface area contributed by atoms with Gasteiger partial charge in [-0.3, -0.25) is 4.79 Å². The van der Waals surface area contributed by atoms with Gasteiger partial charge in [0.05, 0.1) is 15.6 Å². The van der Waals surface area contributed by atoms with Gasteiger partial charge < -0.3 is 5.32 Å². The van der Waals surface area contributed by atoms with Crippen molar-refractivity contribution in [3.8, 4) is 0 Å². The van der Waals surface area contributed by atoms with Crippen LogP contribution in [-0.2, 0) is 0 Å². The van der Waals surface area contributed by atoms with E-state index in [0.717, 1.165) is 10.5 Å². The number of rotatable bonds is 2. The van der Waals surface area contributed by atoms with Crippen LogP contribution in [0, 0.1) is 6.92 Å². The Morgan fingerprint density at radius 1 is 1.47 bits per heavy atom. The maximum atomic E-state index is 11.9. The van der Waals surface area contributed by atoms with Crippen LogP contribution in [0.4, 0.5) is 5.69 Å². The van der Waals surface area contributed by atoms with Crippen LogP contribution >= 0.6 is 35.6 Å². The highest BCUT2D eigenvalue weighted by Crippen LogP contribution is 2.26. The van der Waals surface area contributed by atoms with Crippen molar-refractivity contribution in [3.05, 3.63) is 45.1 Å². The molecule has 2 aromatic rings. The third-order valence-electron chi connectivity index (χ3n) is 2.25. The number of carbonyl (C=O) groups excluding carboxylic acids is 1. The van der Waals surface area contributed by atoms with Crippen LogP contribution in [-0.4, -0.2) is 5.91 Å². The number of hydrogen-bond donors (Lipinski definition) is 2. The Morgan fingerprint density at radius 2 is 2.24 bits per heavy atom. The monoisotopic (exact) mass is 283 g/mol. The summed E-state index contributed by atoms with van der Waals surface area (Å²) in [5, 5.41) is 5.17. The largest absolute Gasteiger partial charge is 0.320 e. The number of benzene rings is 1. The minimum absolute atomic E-state index is 0.164. The highest BCUT2D eigenvalue weighted by atomic mass is 35.5. The molecule has 0 bridgehead atoms. The SMILES string of the molecule is Cc1cccc(NC(=O)c2cc(S)cs2)c1Cl. The van der Waals surface area contributed by atoms with Crippen LogP contribution in [0.5, 0.6) is 0 Å². The molecule has 0 saturated carbocycles. The summed E-state index contributed by atoms with van der Waals surface area (Å²) in [5.74, 6) is -0.164.